The second-order valence-corrected chi connectivity index (χ2v) is 7.21. The Hall–Kier alpha value is -4.06. The molecule has 0 saturated carbocycles. The van der Waals surface area contributed by atoms with Crippen LogP contribution in [0.4, 0.5) is 0 Å². The fraction of sp³-hybridized carbons (Fsp3) is 0.185. The monoisotopic (exact) mass is 443 g/mol. The molecule has 168 valence electrons. The molecule has 1 aliphatic rings. The first-order valence-electron chi connectivity index (χ1n) is 10.9. The summed E-state index contributed by atoms with van der Waals surface area (Å²) >= 11 is 0. The minimum atomic E-state index is -0.507. The van der Waals surface area contributed by atoms with Crippen LogP contribution in [0.2, 0.25) is 0 Å². The fourth-order valence-corrected chi connectivity index (χ4v) is 3.31. The molecule has 0 atom stereocenters. The molecule has 1 aliphatic heterocycles. The third kappa shape index (κ3) is 5.60. The van der Waals surface area contributed by atoms with Gasteiger partial charge in [-0.25, -0.2) is 9.79 Å². The van der Waals surface area contributed by atoms with Gasteiger partial charge in [0.15, 0.2) is 17.2 Å². The molecule has 0 amide bonds. The van der Waals surface area contributed by atoms with E-state index in [9.17, 15) is 4.79 Å². The van der Waals surface area contributed by atoms with E-state index in [1.54, 1.807) is 24.3 Å². The Kier molecular flexibility index (Phi) is 7.05. The first kappa shape index (κ1) is 22.1. The summed E-state index contributed by atoms with van der Waals surface area (Å²) < 4.78 is 22.5. The minimum Gasteiger partial charge on any atom is -0.490 e. The summed E-state index contributed by atoms with van der Waals surface area (Å²) in [5, 5.41) is 0. The number of rotatable bonds is 9. The first-order chi connectivity index (χ1) is 16.2. The van der Waals surface area contributed by atoms with Gasteiger partial charge in [0.25, 0.3) is 0 Å². The molecule has 0 radical (unpaired) electrons. The van der Waals surface area contributed by atoms with Gasteiger partial charge in [-0.3, -0.25) is 0 Å². The minimum absolute atomic E-state index is 0.219. The molecule has 33 heavy (non-hydrogen) atoms. The van der Waals surface area contributed by atoms with Crippen LogP contribution in [0.25, 0.3) is 6.08 Å². The molecule has 1 heterocycles. The zero-order valence-corrected chi connectivity index (χ0v) is 18.6. The van der Waals surface area contributed by atoms with Crippen molar-refractivity contribution >= 4 is 17.9 Å². The van der Waals surface area contributed by atoms with Crippen LogP contribution in [0.1, 0.15) is 30.5 Å². The highest BCUT2D eigenvalue weighted by atomic mass is 16.6. The van der Waals surface area contributed by atoms with E-state index < -0.39 is 5.97 Å². The maximum atomic E-state index is 12.4. The smallest absolute Gasteiger partial charge is 0.363 e. The lowest BCUT2D eigenvalue weighted by atomic mass is 10.2. The SMILES string of the molecule is CCOc1ccc(C2=N/C(=C\c3cccc(OCc4ccccc4)c3)C(=O)O2)cc1OCC. The zero-order chi connectivity index (χ0) is 23.0. The first-order valence-corrected chi connectivity index (χ1v) is 10.9. The van der Waals surface area contributed by atoms with E-state index in [1.165, 1.54) is 0 Å². The number of cyclic esters (lactones) is 1. The third-order valence-corrected chi connectivity index (χ3v) is 4.82. The standard InChI is InChI=1S/C27H25NO5/c1-3-30-24-14-13-21(17-25(24)31-4-2)26-28-23(27(29)33-26)16-20-11-8-12-22(15-20)32-18-19-9-6-5-7-10-19/h5-17H,3-4,18H2,1-2H3/b23-16-. The largest absolute Gasteiger partial charge is 0.490 e. The highest BCUT2D eigenvalue weighted by molar-refractivity contribution is 6.13. The molecule has 0 saturated heterocycles. The summed E-state index contributed by atoms with van der Waals surface area (Å²) in [7, 11) is 0. The Bertz CT molecular complexity index is 1180. The number of ether oxygens (including phenoxy) is 4. The summed E-state index contributed by atoms with van der Waals surface area (Å²) in [5.74, 6) is 1.64. The quantitative estimate of drug-likeness (QED) is 0.327. The number of nitrogens with zero attached hydrogens (tertiary/aromatic N) is 1. The molecule has 0 N–H and O–H groups in total. The highest BCUT2D eigenvalue weighted by Gasteiger charge is 2.25. The number of carbonyl (C=O) groups is 1. The Morgan fingerprint density at radius 1 is 0.848 bits per heavy atom. The normalized spacial score (nSPS) is 14.1. The van der Waals surface area contributed by atoms with Crippen molar-refractivity contribution in [1.29, 1.82) is 0 Å². The molecule has 3 aromatic rings. The van der Waals surface area contributed by atoms with Crippen LogP contribution in [-0.4, -0.2) is 25.1 Å². The fourth-order valence-electron chi connectivity index (χ4n) is 3.31. The Labute approximate surface area is 193 Å². The summed E-state index contributed by atoms with van der Waals surface area (Å²) in [5.41, 5.74) is 2.73. The van der Waals surface area contributed by atoms with Crippen LogP contribution in [0, 0.1) is 0 Å². The van der Waals surface area contributed by atoms with Gasteiger partial charge in [-0.2, -0.15) is 0 Å². The number of aliphatic imine (C=N–C) groups is 1. The van der Waals surface area contributed by atoms with Gasteiger partial charge in [-0.05, 0) is 61.4 Å². The van der Waals surface area contributed by atoms with Gasteiger partial charge in [0.05, 0.1) is 13.2 Å². The average molecular weight is 443 g/mol. The number of hydrogen-bond acceptors (Lipinski definition) is 6. The van der Waals surface area contributed by atoms with Crippen LogP contribution in [0.3, 0.4) is 0 Å². The van der Waals surface area contributed by atoms with Gasteiger partial charge < -0.3 is 18.9 Å². The predicted molar refractivity (Wildman–Crippen MR) is 127 cm³/mol. The van der Waals surface area contributed by atoms with Crippen LogP contribution in [0.5, 0.6) is 17.2 Å². The number of esters is 1. The molecule has 0 bridgehead atoms. The van der Waals surface area contributed by atoms with Gasteiger partial charge in [0, 0.05) is 5.56 Å². The maximum Gasteiger partial charge on any atom is 0.363 e. The Morgan fingerprint density at radius 2 is 1.64 bits per heavy atom. The molecule has 0 spiro atoms. The average Bonchev–Trinajstić information content (AvgIpc) is 3.20. The van der Waals surface area contributed by atoms with Gasteiger partial charge in [-0.1, -0.05) is 42.5 Å². The number of benzene rings is 3. The van der Waals surface area contributed by atoms with E-state index in [1.807, 2.05) is 68.4 Å². The van der Waals surface area contributed by atoms with Crippen molar-refractivity contribution in [1.82, 2.24) is 0 Å². The summed E-state index contributed by atoms with van der Waals surface area (Å²) in [6.45, 7) is 5.28. The van der Waals surface area contributed by atoms with E-state index >= 15 is 0 Å². The molecule has 0 fully saturated rings. The number of carbonyl (C=O) groups excluding carboxylic acids is 1. The molecular weight excluding hydrogens is 418 g/mol. The predicted octanol–water partition coefficient (Wildman–Crippen LogP) is 5.41. The molecular formula is C27H25NO5. The summed E-state index contributed by atoms with van der Waals surface area (Å²) in [4.78, 5) is 16.8. The van der Waals surface area contributed by atoms with Crippen LogP contribution in [-0.2, 0) is 16.1 Å². The zero-order valence-electron chi connectivity index (χ0n) is 18.6. The second kappa shape index (κ2) is 10.5. The molecule has 3 aromatic carbocycles. The van der Waals surface area contributed by atoms with Gasteiger partial charge >= 0.3 is 5.97 Å². The molecule has 4 rings (SSSR count). The van der Waals surface area contributed by atoms with E-state index in [0.29, 0.717) is 42.6 Å². The van der Waals surface area contributed by atoms with Gasteiger partial charge in [0.2, 0.25) is 5.90 Å². The Morgan fingerprint density at radius 3 is 2.42 bits per heavy atom. The lowest BCUT2D eigenvalue weighted by molar-refractivity contribution is -0.129. The van der Waals surface area contributed by atoms with E-state index in [-0.39, 0.29) is 11.6 Å². The van der Waals surface area contributed by atoms with Crippen LogP contribution < -0.4 is 14.2 Å². The van der Waals surface area contributed by atoms with E-state index in [4.69, 9.17) is 18.9 Å². The molecule has 0 aliphatic carbocycles. The lowest BCUT2D eigenvalue weighted by Crippen LogP contribution is -2.06. The molecule has 0 unspecified atom stereocenters. The van der Waals surface area contributed by atoms with Crippen molar-refractivity contribution in [3.8, 4) is 17.2 Å². The van der Waals surface area contributed by atoms with Crippen LogP contribution >= 0.6 is 0 Å². The lowest BCUT2D eigenvalue weighted by Gasteiger charge is -2.11. The third-order valence-electron chi connectivity index (χ3n) is 4.82. The Balaban J connectivity index is 1.53. The highest BCUT2D eigenvalue weighted by Crippen LogP contribution is 2.30. The van der Waals surface area contributed by atoms with Crippen molar-refractivity contribution in [2.75, 3.05) is 13.2 Å². The van der Waals surface area contributed by atoms with Crippen molar-refractivity contribution in [2.24, 2.45) is 4.99 Å². The molecule has 0 aromatic heterocycles. The van der Waals surface area contributed by atoms with Crippen LogP contribution in [0.15, 0.2) is 83.5 Å². The maximum absolute atomic E-state index is 12.4. The second-order valence-electron chi connectivity index (χ2n) is 7.21. The van der Waals surface area contributed by atoms with Crippen molar-refractivity contribution in [3.63, 3.8) is 0 Å². The number of hydrogen-bond donors (Lipinski definition) is 0. The van der Waals surface area contributed by atoms with Crippen molar-refractivity contribution in [3.05, 3.63) is 95.2 Å². The van der Waals surface area contributed by atoms with Crippen molar-refractivity contribution in [2.45, 2.75) is 20.5 Å². The van der Waals surface area contributed by atoms with Gasteiger partial charge in [0.1, 0.15) is 12.4 Å². The summed E-state index contributed by atoms with van der Waals surface area (Å²) in [6.07, 6.45) is 1.68. The molecule has 6 heteroatoms. The topological polar surface area (TPSA) is 66.4 Å². The van der Waals surface area contributed by atoms with E-state index in [0.717, 1.165) is 11.1 Å². The van der Waals surface area contributed by atoms with Crippen molar-refractivity contribution < 1.29 is 23.7 Å². The van der Waals surface area contributed by atoms with E-state index in [2.05, 4.69) is 4.99 Å². The molecule has 6 nitrogen and oxygen atoms in total. The van der Waals surface area contributed by atoms with Gasteiger partial charge in [-0.15, -0.1) is 0 Å². The summed E-state index contributed by atoms with van der Waals surface area (Å²) in [6, 6.07) is 22.8.